The summed E-state index contributed by atoms with van der Waals surface area (Å²) in [5, 5.41) is 9.56. The molecule has 1 aliphatic heterocycles. The van der Waals surface area contributed by atoms with Crippen LogP contribution in [0.2, 0.25) is 0 Å². The van der Waals surface area contributed by atoms with Gasteiger partial charge in [0.1, 0.15) is 17.3 Å². The van der Waals surface area contributed by atoms with Crippen molar-refractivity contribution in [3.63, 3.8) is 0 Å². The maximum Gasteiger partial charge on any atom is 0.274 e. The van der Waals surface area contributed by atoms with E-state index in [1.165, 1.54) is 0 Å². The number of aromatic hydroxyl groups is 1. The molecule has 0 fully saturated rings. The predicted octanol–water partition coefficient (Wildman–Crippen LogP) is 2.37. The molecule has 1 amide bonds. The van der Waals surface area contributed by atoms with Crippen LogP contribution in [0.15, 0.2) is 30.5 Å². The highest BCUT2D eigenvalue weighted by Gasteiger charge is 2.23. The van der Waals surface area contributed by atoms with Crippen molar-refractivity contribution in [1.29, 1.82) is 0 Å². The molecule has 110 valence electrons. The zero-order chi connectivity index (χ0) is 15.0. The van der Waals surface area contributed by atoms with Crippen LogP contribution < -0.4 is 0 Å². The number of amides is 1. The van der Waals surface area contributed by atoms with Crippen LogP contribution in [0.25, 0.3) is 0 Å². The molecule has 5 nitrogen and oxygen atoms in total. The van der Waals surface area contributed by atoms with Crippen molar-refractivity contribution in [1.82, 2.24) is 14.5 Å². The van der Waals surface area contributed by atoms with E-state index in [9.17, 15) is 9.90 Å². The number of hydrogen-bond acceptors (Lipinski definition) is 3. The summed E-state index contributed by atoms with van der Waals surface area (Å²) < 4.78 is 2.06. The molecule has 0 aliphatic carbocycles. The lowest BCUT2D eigenvalue weighted by Gasteiger charge is -2.24. The van der Waals surface area contributed by atoms with Gasteiger partial charge in [-0.15, -0.1) is 0 Å². The number of phenols is 1. The molecule has 0 saturated carbocycles. The molecule has 1 aliphatic rings. The molecule has 1 aromatic carbocycles. The molecule has 1 N–H and O–H groups in total. The van der Waals surface area contributed by atoms with Gasteiger partial charge < -0.3 is 14.6 Å². The molecule has 1 aromatic heterocycles. The normalized spacial score (nSPS) is 14.8. The van der Waals surface area contributed by atoms with Gasteiger partial charge in [0, 0.05) is 26.2 Å². The fourth-order valence-corrected chi connectivity index (χ4v) is 2.72. The van der Waals surface area contributed by atoms with Gasteiger partial charge in [-0.3, -0.25) is 4.79 Å². The Labute approximate surface area is 123 Å². The minimum Gasteiger partial charge on any atom is -0.508 e. The minimum absolute atomic E-state index is 0.0901. The number of fused-ring (bicyclic) bond motifs is 1. The van der Waals surface area contributed by atoms with Crippen LogP contribution in [0.1, 0.15) is 41.3 Å². The highest BCUT2D eigenvalue weighted by Crippen LogP contribution is 2.24. The standard InChI is InChI=1S/C16H19N3O2/c1-11(12-5-3-6-13(20)9-12)18(2)16(21)14-10-19-8-4-7-15(19)17-14/h3,5-6,9-11,20H,4,7-8H2,1-2H3. The summed E-state index contributed by atoms with van der Waals surface area (Å²) in [6.45, 7) is 2.89. The van der Waals surface area contributed by atoms with E-state index in [1.807, 2.05) is 19.2 Å². The first kappa shape index (κ1) is 13.7. The van der Waals surface area contributed by atoms with Crippen molar-refractivity contribution in [2.24, 2.45) is 0 Å². The molecule has 0 saturated heterocycles. The van der Waals surface area contributed by atoms with Crippen LogP contribution in [0.5, 0.6) is 5.75 Å². The highest BCUT2D eigenvalue weighted by atomic mass is 16.3. The topological polar surface area (TPSA) is 58.4 Å². The average Bonchev–Trinajstić information content (AvgIpc) is 3.06. The van der Waals surface area contributed by atoms with Crippen LogP contribution in [0, 0.1) is 0 Å². The third-order valence-corrected chi connectivity index (χ3v) is 4.13. The number of aryl methyl sites for hydroxylation is 2. The van der Waals surface area contributed by atoms with Crippen LogP contribution >= 0.6 is 0 Å². The van der Waals surface area contributed by atoms with Gasteiger partial charge in [-0.2, -0.15) is 0 Å². The number of aromatic nitrogens is 2. The van der Waals surface area contributed by atoms with Gasteiger partial charge in [0.05, 0.1) is 6.04 Å². The summed E-state index contributed by atoms with van der Waals surface area (Å²) in [6.07, 6.45) is 3.89. The van der Waals surface area contributed by atoms with Crippen molar-refractivity contribution < 1.29 is 9.90 Å². The molecule has 1 atom stereocenters. The van der Waals surface area contributed by atoms with Crippen LogP contribution in [0.4, 0.5) is 0 Å². The van der Waals surface area contributed by atoms with Crippen molar-refractivity contribution in [2.75, 3.05) is 7.05 Å². The maximum atomic E-state index is 12.5. The number of carbonyl (C=O) groups excluding carboxylic acids is 1. The monoisotopic (exact) mass is 285 g/mol. The SMILES string of the molecule is CC(c1cccc(O)c1)N(C)C(=O)c1cn2c(n1)CCC2. The number of rotatable bonds is 3. The van der Waals surface area contributed by atoms with Gasteiger partial charge >= 0.3 is 0 Å². The molecule has 1 unspecified atom stereocenters. The van der Waals surface area contributed by atoms with Crippen molar-refractivity contribution >= 4 is 5.91 Å². The van der Waals surface area contributed by atoms with Crippen molar-refractivity contribution in [2.45, 2.75) is 32.4 Å². The molecular formula is C16H19N3O2. The lowest BCUT2D eigenvalue weighted by molar-refractivity contribution is 0.0736. The number of imidazole rings is 1. The first-order valence-corrected chi connectivity index (χ1v) is 7.18. The van der Waals surface area contributed by atoms with Gasteiger partial charge in [-0.25, -0.2) is 4.98 Å². The van der Waals surface area contributed by atoms with Crippen LogP contribution in [-0.4, -0.2) is 32.5 Å². The smallest absolute Gasteiger partial charge is 0.274 e. The third kappa shape index (κ3) is 2.51. The maximum absolute atomic E-state index is 12.5. The molecule has 2 heterocycles. The minimum atomic E-state index is -0.124. The Bertz CT molecular complexity index is 656. The van der Waals surface area contributed by atoms with E-state index in [2.05, 4.69) is 9.55 Å². The van der Waals surface area contributed by atoms with Crippen LogP contribution in [0.3, 0.4) is 0 Å². The Hall–Kier alpha value is -2.30. The molecular weight excluding hydrogens is 266 g/mol. The summed E-state index contributed by atoms with van der Waals surface area (Å²) in [5.74, 6) is 1.12. The Morgan fingerprint density at radius 3 is 3.00 bits per heavy atom. The lowest BCUT2D eigenvalue weighted by atomic mass is 10.1. The second kappa shape index (κ2) is 5.24. The molecule has 21 heavy (non-hydrogen) atoms. The van der Waals surface area contributed by atoms with E-state index in [0.717, 1.165) is 30.8 Å². The van der Waals surface area contributed by atoms with E-state index in [-0.39, 0.29) is 17.7 Å². The summed E-state index contributed by atoms with van der Waals surface area (Å²) in [6, 6.07) is 6.87. The van der Waals surface area contributed by atoms with Crippen molar-refractivity contribution in [3.05, 3.63) is 47.5 Å². The zero-order valence-corrected chi connectivity index (χ0v) is 12.3. The van der Waals surface area contributed by atoms with E-state index in [4.69, 9.17) is 0 Å². The zero-order valence-electron chi connectivity index (χ0n) is 12.3. The summed E-state index contributed by atoms with van der Waals surface area (Å²) in [4.78, 5) is 18.6. The first-order chi connectivity index (χ1) is 10.1. The fraction of sp³-hybridized carbons (Fsp3) is 0.375. The fourth-order valence-electron chi connectivity index (χ4n) is 2.72. The predicted molar refractivity (Wildman–Crippen MR) is 79.2 cm³/mol. The van der Waals surface area contributed by atoms with Gasteiger partial charge in [0.25, 0.3) is 5.91 Å². The molecule has 3 rings (SSSR count). The van der Waals surface area contributed by atoms with Gasteiger partial charge in [0.2, 0.25) is 0 Å². The lowest BCUT2D eigenvalue weighted by Crippen LogP contribution is -2.30. The number of nitrogens with zero attached hydrogens (tertiary/aromatic N) is 3. The van der Waals surface area contributed by atoms with Crippen LogP contribution in [-0.2, 0) is 13.0 Å². The molecule has 0 spiro atoms. The summed E-state index contributed by atoms with van der Waals surface area (Å²) >= 11 is 0. The molecule has 2 aromatic rings. The first-order valence-electron chi connectivity index (χ1n) is 7.18. The Balaban J connectivity index is 1.80. The number of benzene rings is 1. The highest BCUT2D eigenvalue weighted by molar-refractivity contribution is 5.92. The van der Waals surface area contributed by atoms with Gasteiger partial charge in [-0.1, -0.05) is 12.1 Å². The second-order valence-corrected chi connectivity index (χ2v) is 5.53. The number of hydrogen-bond donors (Lipinski definition) is 1. The largest absolute Gasteiger partial charge is 0.508 e. The van der Waals surface area contributed by atoms with Crippen molar-refractivity contribution in [3.8, 4) is 5.75 Å². The molecule has 5 heteroatoms. The summed E-state index contributed by atoms with van der Waals surface area (Å²) in [5.41, 5.74) is 1.40. The number of carbonyl (C=O) groups is 1. The Morgan fingerprint density at radius 2 is 2.29 bits per heavy atom. The quantitative estimate of drug-likeness (QED) is 0.942. The van der Waals surface area contributed by atoms with E-state index in [0.29, 0.717) is 5.69 Å². The second-order valence-electron chi connectivity index (χ2n) is 5.53. The average molecular weight is 285 g/mol. The molecule has 0 radical (unpaired) electrons. The van der Waals surface area contributed by atoms with E-state index < -0.39 is 0 Å². The summed E-state index contributed by atoms with van der Waals surface area (Å²) in [7, 11) is 1.77. The molecule has 0 bridgehead atoms. The number of phenolic OH excluding ortho intramolecular Hbond substituents is 1. The van der Waals surface area contributed by atoms with Gasteiger partial charge in [0.15, 0.2) is 0 Å². The van der Waals surface area contributed by atoms with E-state index in [1.54, 1.807) is 30.1 Å². The van der Waals surface area contributed by atoms with E-state index >= 15 is 0 Å². The Kier molecular flexibility index (Phi) is 3.41. The Morgan fingerprint density at radius 1 is 1.48 bits per heavy atom. The third-order valence-electron chi connectivity index (χ3n) is 4.13. The van der Waals surface area contributed by atoms with Gasteiger partial charge in [-0.05, 0) is 31.0 Å².